The van der Waals surface area contributed by atoms with E-state index < -0.39 is 5.25 Å². The first-order valence-electron chi connectivity index (χ1n) is 9.39. The van der Waals surface area contributed by atoms with Crippen molar-refractivity contribution in [2.24, 2.45) is 0 Å². The van der Waals surface area contributed by atoms with Crippen molar-refractivity contribution in [2.45, 2.75) is 32.4 Å². The molecule has 1 unspecified atom stereocenters. The Morgan fingerprint density at radius 2 is 1.93 bits per heavy atom. The molecule has 0 aliphatic rings. The third-order valence-electron chi connectivity index (χ3n) is 3.99. The third-order valence-corrected chi connectivity index (χ3v) is 6.53. The molecule has 1 N–H and O–H groups in total. The van der Waals surface area contributed by atoms with Gasteiger partial charge in [0.15, 0.2) is 5.13 Å². The van der Waals surface area contributed by atoms with Gasteiger partial charge in [0.2, 0.25) is 5.91 Å². The number of thiocarbonyl (C=S) groups is 1. The van der Waals surface area contributed by atoms with Gasteiger partial charge in [-0.2, -0.15) is 0 Å². The van der Waals surface area contributed by atoms with Crippen LogP contribution >= 0.6 is 35.3 Å². The molecule has 0 radical (unpaired) electrons. The van der Waals surface area contributed by atoms with E-state index in [-0.39, 0.29) is 18.3 Å². The van der Waals surface area contributed by atoms with Crippen molar-refractivity contribution in [1.29, 1.82) is 0 Å². The monoisotopic (exact) mass is 451 g/mol. The van der Waals surface area contributed by atoms with Crippen molar-refractivity contribution in [3.63, 3.8) is 0 Å². The number of ether oxygens (including phenoxy) is 1. The Labute approximate surface area is 185 Å². The van der Waals surface area contributed by atoms with E-state index in [1.807, 2.05) is 49.1 Å². The number of hydrogen-bond acceptors (Lipinski definition) is 7. The number of rotatable bonds is 9. The van der Waals surface area contributed by atoms with Gasteiger partial charge >= 0.3 is 5.97 Å². The fourth-order valence-electron chi connectivity index (χ4n) is 2.53. The Balaban J connectivity index is 2.12. The number of aromatic nitrogens is 1. The highest BCUT2D eigenvalue weighted by molar-refractivity contribution is 8.23. The number of nitrogens with one attached hydrogen (secondary N) is 1. The number of esters is 1. The van der Waals surface area contributed by atoms with Crippen LogP contribution in [0.4, 0.5) is 5.13 Å². The third kappa shape index (κ3) is 7.09. The second-order valence-electron chi connectivity index (χ2n) is 5.96. The summed E-state index contributed by atoms with van der Waals surface area (Å²) in [5.74, 6) is -0.536. The summed E-state index contributed by atoms with van der Waals surface area (Å²) in [6, 6.07) is 9.54. The standard InChI is InChI=1S/C20H25N3O3S3/c1-4-23(5-2)20(27)29-17(14-10-8-7-9-11-14)18(25)22-19-21-15(13-28-19)12-16(24)26-6-3/h7-11,13,17H,4-6,12H2,1-3H3,(H,21,22,25). The van der Waals surface area contributed by atoms with E-state index in [4.69, 9.17) is 17.0 Å². The molecule has 1 aromatic heterocycles. The zero-order valence-corrected chi connectivity index (χ0v) is 19.2. The predicted molar refractivity (Wildman–Crippen MR) is 123 cm³/mol. The normalized spacial score (nSPS) is 11.6. The van der Waals surface area contributed by atoms with Crippen molar-refractivity contribution < 1.29 is 14.3 Å². The molecule has 156 valence electrons. The quantitative estimate of drug-likeness (QED) is 0.450. The van der Waals surface area contributed by atoms with Crippen LogP contribution in [0.25, 0.3) is 0 Å². The minimum atomic E-state index is -0.498. The maximum absolute atomic E-state index is 13.0. The number of nitrogens with zero attached hydrogens (tertiary/aromatic N) is 2. The van der Waals surface area contributed by atoms with Crippen LogP contribution in [0.2, 0.25) is 0 Å². The Kier molecular flexibility index (Phi) is 9.56. The Hall–Kier alpha value is -1.97. The number of carbonyl (C=O) groups excluding carboxylic acids is 2. The molecule has 0 fully saturated rings. The summed E-state index contributed by atoms with van der Waals surface area (Å²) in [6.07, 6.45) is 0.0864. The van der Waals surface area contributed by atoms with Gasteiger partial charge in [-0.05, 0) is 26.3 Å². The van der Waals surface area contributed by atoms with Crippen LogP contribution in [0.3, 0.4) is 0 Å². The Morgan fingerprint density at radius 1 is 1.24 bits per heavy atom. The molecule has 2 rings (SSSR count). The highest BCUT2D eigenvalue weighted by atomic mass is 32.2. The van der Waals surface area contributed by atoms with Crippen LogP contribution in [0.5, 0.6) is 0 Å². The summed E-state index contributed by atoms with van der Waals surface area (Å²) in [7, 11) is 0. The van der Waals surface area contributed by atoms with Crippen LogP contribution in [0, 0.1) is 0 Å². The zero-order valence-electron chi connectivity index (χ0n) is 16.7. The molecular weight excluding hydrogens is 426 g/mol. The zero-order chi connectivity index (χ0) is 21.2. The molecule has 0 saturated carbocycles. The number of benzene rings is 1. The lowest BCUT2D eigenvalue weighted by molar-refractivity contribution is -0.142. The molecule has 0 spiro atoms. The summed E-state index contributed by atoms with van der Waals surface area (Å²) in [6.45, 7) is 7.73. The van der Waals surface area contributed by atoms with Crippen LogP contribution in [0.15, 0.2) is 35.7 Å². The van der Waals surface area contributed by atoms with Gasteiger partial charge in [0, 0.05) is 18.5 Å². The van der Waals surface area contributed by atoms with Crippen molar-refractivity contribution in [2.75, 3.05) is 25.0 Å². The highest BCUT2D eigenvalue weighted by Gasteiger charge is 2.25. The first kappa shape index (κ1) is 23.3. The number of thiazole rings is 1. The van der Waals surface area contributed by atoms with Gasteiger partial charge in [0.05, 0.1) is 18.7 Å². The van der Waals surface area contributed by atoms with E-state index in [1.54, 1.807) is 12.3 Å². The second kappa shape index (κ2) is 11.9. The molecule has 1 aromatic carbocycles. The lowest BCUT2D eigenvalue weighted by Crippen LogP contribution is -2.29. The minimum Gasteiger partial charge on any atom is -0.466 e. The average molecular weight is 452 g/mol. The van der Waals surface area contributed by atoms with Gasteiger partial charge in [-0.1, -0.05) is 54.3 Å². The van der Waals surface area contributed by atoms with E-state index >= 15 is 0 Å². The Bertz CT molecular complexity index is 823. The van der Waals surface area contributed by atoms with Gasteiger partial charge in [0.25, 0.3) is 0 Å². The van der Waals surface area contributed by atoms with Crippen LogP contribution < -0.4 is 5.32 Å². The SMILES string of the molecule is CCOC(=O)Cc1csc(NC(=O)C(SC(=S)N(CC)CC)c2ccccc2)n1. The fraction of sp³-hybridized carbons (Fsp3) is 0.400. The molecular formula is C20H25N3O3S3. The number of carbonyl (C=O) groups is 2. The molecule has 9 heteroatoms. The minimum absolute atomic E-state index is 0.0864. The molecule has 2 aromatic rings. The van der Waals surface area contributed by atoms with E-state index in [0.29, 0.717) is 21.8 Å². The van der Waals surface area contributed by atoms with Crippen LogP contribution in [0.1, 0.15) is 37.3 Å². The van der Waals surface area contributed by atoms with Gasteiger partial charge in [0.1, 0.15) is 9.57 Å². The molecule has 1 amide bonds. The van der Waals surface area contributed by atoms with E-state index in [1.165, 1.54) is 23.1 Å². The van der Waals surface area contributed by atoms with Gasteiger partial charge in [-0.3, -0.25) is 9.59 Å². The summed E-state index contributed by atoms with van der Waals surface area (Å²) in [5.41, 5.74) is 1.44. The topological polar surface area (TPSA) is 71.5 Å². The first-order valence-corrected chi connectivity index (χ1v) is 11.6. The number of hydrogen-bond donors (Lipinski definition) is 1. The lowest BCUT2D eigenvalue weighted by atomic mass is 10.1. The average Bonchev–Trinajstić information content (AvgIpc) is 3.14. The molecule has 0 aliphatic heterocycles. The fourth-order valence-corrected chi connectivity index (χ4v) is 4.86. The molecule has 1 heterocycles. The number of amides is 1. The summed E-state index contributed by atoms with van der Waals surface area (Å²) in [5, 5.41) is 4.56. The molecule has 29 heavy (non-hydrogen) atoms. The molecule has 0 aliphatic carbocycles. The van der Waals surface area contributed by atoms with Crippen LogP contribution in [-0.2, 0) is 20.7 Å². The van der Waals surface area contributed by atoms with Crippen molar-refractivity contribution in [1.82, 2.24) is 9.88 Å². The first-order chi connectivity index (χ1) is 14.0. The molecule has 1 atom stereocenters. The predicted octanol–water partition coefficient (Wildman–Crippen LogP) is 4.29. The van der Waals surface area contributed by atoms with E-state index in [9.17, 15) is 9.59 Å². The largest absolute Gasteiger partial charge is 0.466 e. The number of anilines is 1. The van der Waals surface area contributed by atoms with Gasteiger partial charge in [-0.15, -0.1) is 11.3 Å². The summed E-state index contributed by atoms with van der Waals surface area (Å²) >= 11 is 8.19. The summed E-state index contributed by atoms with van der Waals surface area (Å²) < 4.78 is 5.62. The molecule has 6 nitrogen and oxygen atoms in total. The molecule has 0 bridgehead atoms. The molecule has 0 saturated heterocycles. The maximum Gasteiger partial charge on any atom is 0.311 e. The smallest absolute Gasteiger partial charge is 0.311 e. The Morgan fingerprint density at radius 3 is 2.55 bits per heavy atom. The van der Waals surface area contributed by atoms with Gasteiger partial charge in [-0.25, -0.2) is 4.98 Å². The number of thioether (sulfide) groups is 1. The second-order valence-corrected chi connectivity index (χ2v) is 8.56. The van der Waals surface area contributed by atoms with Crippen molar-refractivity contribution >= 4 is 56.6 Å². The maximum atomic E-state index is 13.0. The van der Waals surface area contributed by atoms with Crippen LogP contribution in [-0.4, -0.2) is 45.8 Å². The highest BCUT2D eigenvalue weighted by Crippen LogP contribution is 2.33. The van der Waals surface area contributed by atoms with Gasteiger partial charge < -0.3 is 15.0 Å². The van der Waals surface area contributed by atoms with Crippen molar-refractivity contribution in [3.8, 4) is 0 Å². The van der Waals surface area contributed by atoms with E-state index in [0.717, 1.165) is 18.7 Å². The van der Waals surface area contributed by atoms with Crippen molar-refractivity contribution in [3.05, 3.63) is 47.0 Å². The lowest BCUT2D eigenvalue weighted by Gasteiger charge is -2.24. The van der Waals surface area contributed by atoms with E-state index in [2.05, 4.69) is 10.3 Å². The summed E-state index contributed by atoms with van der Waals surface area (Å²) in [4.78, 5) is 31.0.